The Bertz CT molecular complexity index is 610. The van der Waals surface area contributed by atoms with Gasteiger partial charge in [0.2, 0.25) is 0 Å². The molecule has 0 aliphatic carbocycles. The highest BCUT2D eigenvalue weighted by Gasteiger charge is 2.33. The number of rotatable bonds is 4. The number of nitro groups is 1. The summed E-state index contributed by atoms with van der Waals surface area (Å²) >= 11 is 3.14. The predicted molar refractivity (Wildman–Crippen MR) is 83.6 cm³/mol. The molecule has 0 radical (unpaired) electrons. The fourth-order valence-electron chi connectivity index (χ4n) is 1.79. The molecule has 120 valence electrons. The van der Waals surface area contributed by atoms with Crippen LogP contribution in [0, 0.1) is 10.1 Å². The average Bonchev–Trinajstić information content (AvgIpc) is 2.42. The van der Waals surface area contributed by atoms with Crippen LogP contribution in [0.25, 0.3) is 0 Å². The number of nitro benzene ring substituents is 1. The lowest BCUT2D eigenvalue weighted by Crippen LogP contribution is -2.48. The molecule has 22 heavy (non-hydrogen) atoms. The SMILES string of the molecule is COC(=O)CN(C(=O)c1ccc(Br)cc1[N+](=O)[O-])C(C)(C)C. The molecule has 7 nitrogen and oxygen atoms in total. The van der Waals surface area contributed by atoms with Crippen LogP contribution in [0.4, 0.5) is 5.69 Å². The predicted octanol–water partition coefficient (Wildman–Crippen LogP) is 2.77. The van der Waals surface area contributed by atoms with E-state index in [2.05, 4.69) is 20.7 Å². The van der Waals surface area contributed by atoms with Gasteiger partial charge in [-0.1, -0.05) is 15.9 Å². The van der Waals surface area contributed by atoms with E-state index in [1.165, 1.54) is 24.1 Å². The number of carbonyl (C=O) groups is 2. The van der Waals surface area contributed by atoms with E-state index in [0.717, 1.165) is 0 Å². The monoisotopic (exact) mass is 372 g/mol. The van der Waals surface area contributed by atoms with Gasteiger partial charge in [-0.3, -0.25) is 19.7 Å². The van der Waals surface area contributed by atoms with E-state index >= 15 is 0 Å². The van der Waals surface area contributed by atoms with Crippen LogP contribution < -0.4 is 0 Å². The lowest BCUT2D eigenvalue weighted by Gasteiger charge is -2.34. The van der Waals surface area contributed by atoms with Crippen LogP contribution in [0.15, 0.2) is 22.7 Å². The highest BCUT2D eigenvalue weighted by atomic mass is 79.9. The standard InChI is InChI=1S/C14H17BrN2O5/c1-14(2,3)16(8-12(18)22-4)13(19)10-6-5-9(15)7-11(10)17(20)21/h5-7H,8H2,1-4H3. The Kier molecular flexibility index (Phi) is 5.65. The zero-order valence-electron chi connectivity index (χ0n) is 12.8. The van der Waals surface area contributed by atoms with Gasteiger partial charge in [-0.15, -0.1) is 0 Å². The van der Waals surface area contributed by atoms with Crippen molar-refractivity contribution in [1.82, 2.24) is 4.90 Å². The first kappa shape index (κ1) is 18.1. The van der Waals surface area contributed by atoms with E-state index in [1.807, 2.05) is 0 Å². The molecule has 0 bridgehead atoms. The molecule has 0 aromatic heterocycles. The lowest BCUT2D eigenvalue weighted by atomic mass is 10.0. The Morgan fingerprint density at radius 1 is 1.36 bits per heavy atom. The molecule has 8 heteroatoms. The van der Waals surface area contributed by atoms with E-state index in [-0.39, 0.29) is 17.8 Å². The minimum absolute atomic E-state index is 0.0768. The maximum Gasteiger partial charge on any atom is 0.325 e. The van der Waals surface area contributed by atoms with Crippen molar-refractivity contribution in [3.8, 4) is 0 Å². The number of amides is 1. The largest absolute Gasteiger partial charge is 0.468 e. The maximum absolute atomic E-state index is 12.7. The van der Waals surface area contributed by atoms with Crippen molar-refractivity contribution >= 4 is 33.5 Å². The zero-order chi connectivity index (χ0) is 17.1. The van der Waals surface area contributed by atoms with E-state index < -0.39 is 22.3 Å². The van der Waals surface area contributed by atoms with Gasteiger partial charge in [0.1, 0.15) is 12.1 Å². The minimum atomic E-state index is -0.702. The number of esters is 1. The summed E-state index contributed by atoms with van der Waals surface area (Å²) < 4.78 is 5.08. The van der Waals surface area contributed by atoms with Crippen LogP contribution in [0.2, 0.25) is 0 Å². The molecule has 1 rings (SSSR count). The van der Waals surface area contributed by atoms with Gasteiger partial charge in [0.15, 0.2) is 0 Å². The van der Waals surface area contributed by atoms with Crippen molar-refractivity contribution < 1.29 is 19.2 Å². The summed E-state index contributed by atoms with van der Waals surface area (Å²) in [5.41, 5.74) is -1.10. The molecule has 0 N–H and O–H groups in total. The Labute approximate surface area is 136 Å². The van der Waals surface area contributed by atoms with Crippen molar-refractivity contribution in [2.24, 2.45) is 0 Å². The maximum atomic E-state index is 12.7. The van der Waals surface area contributed by atoms with Gasteiger partial charge in [-0.2, -0.15) is 0 Å². The van der Waals surface area contributed by atoms with Gasteiger partial charge in [0.25, 0.3) is 11.6 Å². The van der Waals surface area contributed by atoms with Gasteiger partial charge in [-0.05, 0) is 32.9 Å². The quantitative estimate of drug-likeness (QED) is 0.460. The first-order valence-corrected chi connectivity index (χ1v) is 7.20. The fourth-order valence-corrected chi connectivity index (χ4v) is 2.14. The molecule has 1 amide bonds. The molecule has 0 heterocycles. The van der Waals surface area contributed by atoms with Gasteiger partial charge < -0.3 is 9.64 Å². The van der Waals surface area contributed by atoms with E-state index in [9.17, 15) is 19.7 Å². The number of carbonyl (C=O) groups excluding carboxylic acids is 2. The molecule has 1 aromatic rings. The number of nitrogens with zero attached hydrogens (tertiary/aromatic N) is 2. The van der Waals surface area contributed by atoms with Crippen LogP contribution >= 0.6 is 15.9 Å². The molecule has 0 aliphatic rings. The number of methoxy groups -OCH3 is 1. The normalized spacial score (nSPS) is 11.0. The van der Waals surface area contributed by atoms with Crippen LogP contribution in [0.1, 0.15) is 31.1 Å². The second-order valence-electron chi connectivity index (χ2n) is 5.56. The molecular formula is C14H17BrN2O5. The number of hydrogen-bond acceptors (Lipinski definition) is 5. The highest BCUT2D eigenvalue weighted by molar-refractivity contribution is 9.10. The topological polar surface area (TPSA) is 89.8 Å². The molecule has 0 saturated heterocycles. The third-order valence-electron chi connectivity index (χ3n) is 2.96. The van der Waals surface area contributed by atoms with Crippen LogP contribution in [-0.4, -0.2) is 40.9 Å². The van der Waals surface area contributed by atoms with E-state index in [4.69, 9.17) is 0 Å². The first-order chi connectivity index (χ1) is 10.1. The van der Waals surface area contributed by atoms with Crippen LogP contribution in [0.5, 0.6) is 0 Å². The van der Waals surface area contributed by atoms with E-state index in [1.54, 1.807) is 26.8 Å². The number of halogens is 1. The molecule has 0 saturated carbocycles. The van der Waals surface area contributed by atoms with Gasteiger partial charge in [-0.25, -0.2) is 0 Å². The number of hydrogen-bond donors (Lipinski definition) is 0. The summed E-state index contributed by atoms with van der Waals surface area (Å²) in [7, 11) is 1.22. The first-order valence-electron chi connectivity index (χ1n) is 6.40. The number of ether oxygens (including phenoxy) is 1. The molecule has 0 unspecified atom stereocenters. The molecular weight excluding hydrogens is 356 g/mol. The second kappa shape index (κ2) is 6.87. The van der Waals surface area contributed by atoms with Gasteiger partial charge in [0.05, 0.1) is 12.0 Å². The van der Waals surface area contributed by atoms with E-state index in [0.29, 0.717) is 4.47 Å². The fraction of sp³-hybridized carbons (Fsp3) is 0.429. The second-order valence-corrected chi connectivity index (χ2v) is 6.47. The van der Waals surface area contributed by atoms with Crippen molar-refractivity contribution in [2.75, 3.05) is 13.7 Å². The highest BCUT2D eigenvalue weighted by Crippen LogP contribution is 2.27. The molecule has 0 spiro atoms. The summed E-state index contributed by atoms with van der Waals surface area (Å²) in [6, 6.07) is 4.16. The van der Waals surface area contributed by atoms with Gasteiger partial charge in [0, 0.05) is 16.1 Å². The zero-order valence-corrected chi connectivity index (χ0v) is 14.3. The van der Waals surface area contributed by atoms with Crippen molar-refractivity contribution in [2.45, 2.75) is 26.3 Å². The average molecular weight is 373 g/mol. The third kappa shape index (κ3) is 4.27. The van der Waals surface area contributed by atoms with Crippen molar-refractivity contribution in [1.29, 1.82) is 0 Å². The van der Waals surface area contributed by atoms with Crippen molar-refractivity contribution in [3.63, 3.8) is 0 Å². The summed E-state index contributed by atoms with van der Waals surface area (Å²) in [4.78, 5) is 36.0. The molecule has 0 atom stereocenters. The smallest absolute Gasteiger partial charge is 0.325 e. The number of benzene rings is 1. The lowest BCUT2D eigenvalue weighted by molar-refractivity contribution is -0.385. The van der Waals surface area contributed by atoms with Crippen LogP contribution in [-0.2, 0) is 9.53 Å². The summed E-state index contributed by atoms with van der Waals surface area (Å²) in [5.74, 6) is -1.19. The molecule has 1 aromatic carbocycles. The molecule has 0 aliphatic heterocycles. The summed E-state index contributed by atoms with van der Waals surface area (Å²) in [5, 5.41) is 11.2. The van der Waals surface area contributed by atoms with Crippen molar-refractivity contribution in [3.05, 3.63) is 38.3 Å². The molecule has 0 fully saturated rings. The summed E-state index contributed by atoms with van der Waals surface area (Å²) in [6.07, 6.45) is 0. The van der Waals surface area contributed by atoms with Gasteiger partial charge >= 0.3 is 5.97 Å². The third-order valence-corrected chi connectivity index (χ3v) is 3.45. The Balaban J connectivity index is 3.31. The summed E-state index contributed by atoms with van der Waals surface area (Å²) in [6.45, 7) is 4.92. The minimum Gasteiger partial charge on any atom is -0.468 e. The Morgan fingerprint density at radius 3 is 2.41 bits per heavy atom. The Morgan fingerprint density at radius 2 is 1.95 bits per heavy atom. The van der Waals surface area contributed by atoms with Crippen LogP contribution in [0.3, 0.4) is 0 Å². The Hall–Kier alpha value is -1.96.